The normalized spacial score (nSPS) is 14.8. The number of amides is 1. The fourth-order valence-electron chi connectivity index (χ4n) is 4.54. The maximum atomic E-state index is 10.4. The molecule has 2 fully saturated rings. The zero-order chi connectivity index (χ0) is 27.5. The number of ether oxygens (including phenoxy) is 1. The van der Waals surface area contributed by atoms with Crippen molar-refractivity contribution in [2.24, 2.45) is 0 Å². The van der Waals surface area contributed by atoms with Crippen molar-refractivity contribution in [2.75, 3.05) is 29.9 Å². The molecule has 1 amide bonds. The van der Waals surface area contributed by atoms with Crippen LogP contribution in [0.15, 0.2) is 67.5 Å². The van der Waals surface area contributed by atoms with Crippen molar-refractivity contribution in [3.63, 3.8) is 0 Å². The highest BCUT2D eigenvalue weighted by atomic mass is 16.5. The van der Waals surface area contributed by atoms with Gasteiger partial charge in [-0.1, -0.05) is 6.58 Å². The highest BCUT2D eigenvalue weighted by Gasteiger charge is 2.17. The molecule has 0 radical (unpaired) electrons. The van der Waals surface area contributed by atoms with E-state index in [0.717, 1.165) is 54.7 Å². The third-order valence-corrected chi connectivity index (χ3v) is 6.70. The van der Waals surface area contributed by atoms with E-state index in [1.54, 1.807) is 10.7 Å². The first kappa shape index (κ1) is 25.2. The predicted octanol–water partition coefficient (Wildman–Crippen LogP) is 3.97. The molecule has 4 aromatic heterocycles. The van der Waals surface area contributed by atoms with Gasteiger partial charge < -0.3 is 20.3 Å². The molecule has 0 atom stereocenters. The predicted molar refractivity (Wildman–Crippen MR) is 151 cm³/mol. The van der Waals surface area contributed by atoms with Crippen molar-refractivity contribution in [1.82, 2.24) is 39.9 Å². The van der Waals surface area contributed by atoms with Crippen LogP contribution in [-0.2, 0) is 4.79 Å². The van der Waals surface area contributed by atoms with E-state index in [0.29, 0.717) is 28.2 Å². The summed E-state index contributed by atoms with van der Waals surface area (Å²) in [5.41, 5.74) is 4.71. The van der Waals surface area contributed by atoms with E-state index >= 15 is 0 Å². The number of nitrogens with zero attached hydrogens (tertiary/aromatic N) is 8. The Labute approximate surface area is 230 Å². The smallest absolute Gasteiger partial charge is 0.246 e. The molecular weight excluding hydrogens is 508 g/mol. The number of rotatable bonds is 5. The van der Waals surface area contributed by atoms with Gasteiger partial charge in [-0.3, -0.25) is 4.79 Å². The number of aryl methyl sites for hydroxylation is 1. The number of nitrogens with one attached hydrogen (secondary N) is 2. The maximum Gasteiger partial charge on any atom is 0.246 e. The standard InChI is InChI=1S/C23H21N9O.C5H7NO/c1-15-10-16(4-5-19(15)33-17-6-9-32-20(11-17)26-14-28-32)29-22-21-18(25-13-27-22)12-24-23(30-21)31-7-2-3-8-31;1-4-2-3-6-5(4)7/h4-6,9-14H,2-3,7-8H2,1H3,(H,25,27,29);1-3H2,(H,6,7). The summed E-state index contributed by atoms with van der Waals surface area (Å²) in [5, 5.41) is 10.1. The van der Waals surface area contributed by atoms with Gasteiger partial charge in [0.1, 0.15) is 35.2 Å². The van der Waals surface area contributed by atoms with Crippen molar-refractivity contribution < 1.29 is 9.53 Å². The lowest BCUT2D eigenvalue weighted by Gasteiger charge is -2.16. The minimum atomic E-state index is 0.0139. The fraction of sp³-hybridized carbons (Fsp3) is 0.250. The van der Waals surface area contributed by atoms with E-state index in [9.17, 15) is 4.79 Å². The second-order valence-corrected chi connectivity index (χ2v) is 9.56. The van der Waals surface area contributed by atoms with Gasteiger partial charge in [-0.05, 0) is 56.0 Å². The number of aromatic nitrogens is 7. The number of fused-ring (bicyclic) bond motifs is 2. The van der Waals surface area contributed by atoms with Gasteiger partial charge in [0, 0.05) is 43.2 Å². The summed E-state index contributed by atoms with van der Waals surface area (Å²) in [4.78, 5) is 34.8. The second-order valence-electron chi connectivity index (χ2n) is 9.56. The van der Waals surface area contributed by atoms with Crippen molar-refractivity contribution >= 4 is 40.0 Å². The van der Waals surface area contributed by atoms with Crippen molar-refractivity contribution in [2.45, 2.75) is 26.2 Å². The molecule has 40 heavy (non-hydrogen) atoms. The van der Waals surface area contributed by atoms with Crippen molar-refractivity contribution in [3.8, 4) is 11.5 Å². The van der Waals surface area contributed by atoms with E-state index in [4.69, 9.17) is 9.72 Å². The van der Waals surface area contributed by atoms with Crippen LogP contribution in [0.4, 0.5) is 17.5 Å². The number of pyridine rings is 1. The van der Waals surface area contributed by atoms with Crippen LogP contribution in [0.3, 0.4) is 0 Å². The van der Waals surface area contributed by atoms with Crippen LogP contribution in [0.1, 0.15) is 24.8 Å². The van der Waals surface area contributed by atoms with E-state index < -0.39 is 0 Å². The summed E-state index contributed by atoms with van der Waals surface area (Å²) in [7, 11) is 0. The zero-order valence-electron chi connectivity index (χ0n) is 22.0. The SMILES string of the molecule is C=C1CCNC1=O.Cc1cc(Nc2ncnc3cnc(N4CCCC4)nc23)ccc1Oc1ccn2ncnc2c1. The lowest BCUT2D eigenvalue weighted by atomic mass is 10.2. The van der Waals surface area contributed by atoms with Crippen LogP contribution in [0.5, 0.6) is 11.5 Å². The average molecular weight is 537 g/mol. The van der Waals surface area contributed by atoms with Gasteiger partial charge in [-0.15, -0.1) is 0 Å². The van der Waals surface area contributed by atoms with Crippen LogP contribution >= 0.6 is 0 Å². The molecule has 0 saturated carbocycles. The molecule has 0 bridgehead atoms. The molecule has 0 spiro atoms. The van der Waals surface area contributed by atoms with Crippen LogP contribution in [0.2, 0.25) is 0 Å². The number of carbonyl (C=O) groups excluding carboxylic acids is 1. The molecule has 12 heteroatoms. The summed E-state index contributed by atoms with van der Waals surface area (Å²) in [6, 6.07) is 9.61. The molecule has 5 aromatic rings. The molecule has 2 N–H and O–H groups in total. The monoisotopic (exact) mass is 536 g/mol. The molecule has 7 rings (SSSR count). The van der Waals surface area contributed by atoms with Gasteiger partial charge in [0.15, 0.2) is 11.5 Å². The highest BCUT2D eigenvalue weighted by Crippen LogP contribution is 2.30. The lowest BCUT2D eigenvalue weighted by molar-refractivity contribution is -0.116. The van der Waals surface area contributed by atoms with E-state index in [-0.39, 0.29) is 5.91 Å². The number of hydrogen-bond donors (Lipinski definition) is 2. The third-order valence-electron chi connectivity index (χ3n) is 6.70. The van der Waals surface area contributed by atoms with Gasteiger partial charge in [0.2, 0.25) is 11.9 Å². The lowest BCUT2D eigenvalue weighted by Crippen LogP contribution is -2.20. The van der Waals surface area contributed by atoms with Crippen LogP contribution < -0.4 is 20.3 Å². The summed E-state index contributed by atoms with van der Waals surface area (Å²) in [6.07, 6.45) is 9.77. The van der Waals surface area contributed by atoms with Crippen molar-refractivity contribution in [3.05, 3.63) is 73.1 Å². The van der Waals surface area contributed by atoms with Gasteiger partial charge in [0.05, 0.1) is 6.20 Å². The van der Waals surface area contributed by atoms with Crippen LogP contribution in [-0.4, -0.2) is 60.1 Å². The molecule has 1 aromatic carbocycles. The summed E-state index contributed by atoms with van der Waals surface area (Å²) >= 11 is 0. The number of benzene rings is 1. The van der Waals surface area contributed by atoms with E-state index in [1.165, 1.54) is 25.5 Å². The molecule has 202 valence electrons. The Balaban J connectivity index is 0.000000363. The fourth-order valence-corrected chi connectivity index (χ4v) is 4.54. The molecule has 2 aliphatic rings. The molecular formula is C28H28N10O2. The highest BCUT2D eigenvalue weighted by molar-refractivity contribution is 5.94. The van der Waals surface area contributed by atoms with Gasteiger partial charge in [-0.2, -0.15) is 5.10 Å². The summed E-state index contributed by atoms with van der Waals surface area (Å²) in [5.74, 6) is 2.85. The molecule has 12 nitrogen and oxygen atoms in total. The Hall–Kier alpha value is -5.13. The Bertz CT molecular complexity index is 1700. The number of hydrogen-bond acceptors (Lipinski definition) is 10. The molecule has 2 aliphatic heterocycles. The average Bonchev–Trinajstić information content (AvgIpc) is 3.74. The van der Waals surface area contributed by atoms with Gasteiger partial charge >= 0.3 is 0 Å². The Morgan fingerprint density at radius 2 is 1.93 bits per heavy atom. The molecule has 0 unspecified atom stereocenters. The quantitative estimate of drug-likeness (QED) is 0.318. The first-order valence-electron chi connectivity index (χ1n) is 13.1. The molecule has 0 aliphatic carbocycles. The topological polar surface area (TPSA) is 135 Å². The largest absolute Gasteiger partial charge is 0.457 e. The Kier molecular flexibility index (Phi) is 6.87. The Morgan fingerprint density at radius 1 is 1.05 bits per heavy atom. The van der Waals surface area contributed by atoms with E-state index in [1.807, 2.05) is 43.5 Å². The number of carbonyl (C=O) groups is 1. The third kappa shape index (κ3) is 5.37. The maximum absolute atomic E-state index is 10.4. The first-order chi connectivity index (χ1) is 19.5. The van der Waals surface area contributed by atoms with Crippen LogP contribution in [0, 0.1) is 6.92 Å². The molecule has 2 saturated heterocycles. The summed E-state index contributed by atoms with van der Waals surface area (Å²) in [6.45, 7) is 8.26. The molecule has 6 heterocycles. The minimum absolute atomic E-state index is 0.0139. The van der Waals surface area contributed by atoms with E-state index in [2.05, 4.69) is 47.1 Å². The Morgan fingerprint density at radius 3 is 2.67 bits per heavy atom. The van der Waals surface area contributed by atoms with Crippen molar-refractivity contribution in [1.29, 1.82) is 0 Å². The van der Waals surface area contributed by atoms with Gasteiger partial charge in [0.25, 0.3) is 0 Å². The first-order valence-corrected chi connectivity index (χ1v) is 13.1. The zero-order valence-corrected chi connectivity index (χ0v) is 22.0. The summed E-state index contributed by atoms with van der Waals surface area (Å²) < 4.78 is 7.77. The second kappa shape index (κ2) is 10.9. The minimum Gasteiger partial charge on any atom is -0.457 e. The van der Waals surface area contributed by atoms with Gasteiger partial charge in [-0.25, -0.2) is 29.4 Å². The number of anilines is 3. The van der Waals surface area contributed by atoms with Crippen LogP contribution in [0.25, 0.3) is 16.7 Å².